The third kappa shape index (κ3) is 3.86. The molecule has 0 amide bonds. The highest BCUT2D eigenvalue weighted by atomic mass is 15.3. The third-order valence-electron chi connectivity index (χ3n) is 6.47. The molecule has 6 heteroatoms. The molecule has 3 heterocycles. The van der Waals surface area contributed by atoms with Crippen molar-refractivity contribution in [2.45, 2.75) is 46.1 Å². The molecule has 0 aromatic carbocycles. The number of aromatic nitrogens is 4. The minimum atomic E-state index is 0.532. The molecule has 1 aliphatic carbocycles. The molecular weight excluding hydrogens is 336 g/mol. The Hall–Kier alpha value is -1.95. The van der Waals surface area contributed by atoms with E-state index in [0.717, 1.165) is 40.5 Å². The first-order valence-corrected chi connectivity index (χ1v) is 10.3. The van der Waals surface area contributed by atoms with Crippen molar-refractivity contribution in [2.24, 2.45) is 24.8 Å². The van der Waals surface area contributed by atoms with Crippen molar-refractivity contribution >= 4 is 5.82 Å². The van der Waals surface area contributed by atoms with E-state index in [1.165, 1.54) is 38.9 Å². The van der Waals surface area contributed by atoms with Crippen molar-refractivity contribution < 1.29 is 0 Å². The SMILES string of the molecule is CCC(C)CN1C[C@H]2CC(Nc3ccc(-c4c(C)cnn4C)nn3)C[C@H]2C1. The molecule has 0 spiro atoms. The lowest BCUT2D eigenvalue weighted by molar-refractivity contribution is 0.263. The van der Waals surface area contributed by atoms with E-state index in [1.54, 1.807) is 0 Å². The lowest BCUT2D eigenvalue weighted by Gasteiger charge is -2.22. The molecule has 2 fully saturated rings. The quantitative estimate of drug-likeness (QED) is 0.847. The van der Waals surface area contributed by atoms with Gasteiger partial charge in [-0.2, -0.15) is 5.10 Å². The van der Waals surface area contributed by atoms with Crippen molar-refractivity contribution in [3.05, 3.63) is 23.9 Å². The van der Waals surface area contributed by atoms with Crippen LogP contribution in [0.2, 0.25) is 0 Å². The summed E-state index contributed by atoms with van der Waals surface area (Å²) in [5.41, 5.74) is 3.03. The van der Waals surface area contributed by atoms with Crippen LogP contribution in [0.4, 0.5) is 5.82 Å². The van der Waals surface area contributed by atoms with Gasteiger partial charge in [0.05, 0.1) is 11.9 Å². The van der Waals surface area contributed by atoms with E-state index in [0.29, 0.717) is 6.04 Å². The summed E-state index contributed by atoms with van der Waals surface area (Å²) >= 11 is 0. The Labute approximate surface area is 162 Å². The van der Waals surface area contributed by atoms with Gasteiger partial charge in [-0.1, -0.05) is 20.3 Å². The maximum Gasteiger partial charge on any atom is 0.148 e. The number of fused-ring (bicyclic) bond motifs is 1. The van der Waals surface area contributed by atoms with E-state index in [4.69, 9.17) is 0 Å². The predicted octanol–water partition coefficient (Wildman–Crippen LogP) is 3.35. The maximum atomic E-state index is 4.43. The molecule has 1 saturated heterocycles. The third-order valence-corrected chi connectivity index (χ3v) is 6.47. The highest BCUT2D eigenvalue weighted by Crippen LogP contribution is 2.39. The van der Waals surface area contributed by atoms with Gasteiger partial charge >= 0.3 is 0 Å². The van der Waals surface area contributed by atoms with Crippen LogP contribution in [0.15, 0.2) is 18.3 Å². The number of anilines is 1. The Kier molecular flexibility index (Phi) is 5.17. The topological polar surface area (TPSA) is 58.9 Å². The van der Waals surface area contributed by atoms with Crippen molar-refractivity contribution in [2.75, 3.05) is 25.0 Å². The number of likely N-dealkylation sites (tertiary alicyclic amines) is 1. The van der Waals surface area contributed by atoms with Crippen LogP contribution in [-0.4, -0.2) is 50.6 Å². The zero-order chi connectivity index (χ0) is 19.0. The molecule has 2 aromatic heterocycles. The van der Waals surface area contributed by atoms with E-state index in [2.05, 4.69) is 52.4 Å². The van der Waals surface area contributed by atoms with E-state index in [1.807, 2.05) is 24.0 Å². The first kappa shape index (κ1) is 18.4. The standard InChI is InChI=1S/C21H32N6/c1-5-14(2)11-27-12-16-8-18(9-17(16)13-27)23-20-7-6-19(24-25-20)21-15(3)10-22-26(21)4/h6-7,10,14,16-18H,5,8-9,11-13H2,1-4H3,(H,23,25)/t14?,16-,17+,18?. The van der Waals surface area contributed by atoms with Crippen LogP contribution in [-0.2, 0) is 7.05 Å². The fourth-order valence-corrected chi connectivity index (χ4v) is 4.89. The van der Waals surface area contributed by atoms with Gasteiger partial charge in [0.25, 0.3) is 0 Å². The average Bonchev–Trinajstić information content (AvgIpc) is 3.29. The largest absolute Gasteiger partial charge is 0.366 e. The van der Waals surface area contributed by atoms with Crippen molar-refractivity contribution in [3.63, 3.8) is 0 Å². The molecule has 27 heavy (non-hydrogen) atoms. The number of hydrogen-bond acceptors (Lipinski definition) is 5. The first-order valence-electron chi connectivity index (χ1n) is 10.3. The van der Waals surface area contributed by atoms with Gasteiger partial charge in [0.2, 0.25) is 0 Å². The predicted molar refractivity (Wildman–Crippen MR) is 108 cm³/mol. The summed E-state index contributed by atoms with van der Waals surface area (Å²) in [7, 11) is 1.94. The highest BCUT2D eigenvalue weighted by Gasteiger charge is 2.40. The molecule has 2 aromatic rings. The monoisotopic (exact) mass is 368 g/mol. The molecule has 1 saturated carbocycles. The molecule has 1 N–H and O–H groups in total. The van der Waals surface area contributed by atoms with E-state index < -0.39 is 0 Å². The van der Waals surface area contributed by atoms with E-state index in [9.17, 15) is 0 Å². The van der Waals surface area contributed by atoms with Gasteiger partial charge in [0.15, 0.2) is 0 Å². The smallest absolute Gasteiger partial charge is 0.148 e. The van der Waals surface area contributed by atoms with Crippen LogP contribution in [0.3, 0.4) is 0 Å². The second-order valence-corrected chi connectivity index (χ2v) is 8.67. The van der Waals surface area contributed by atoms with Crippen LogP contribution in [0, 0.1) is 24.7 Å². The van der Waals surface area contributed by atoms with Crippen molar-refractivity contribution in [3.8, 4) is 11.4 Å². The maximum absolute atomic E-state index is 4.43. The minimum absolute atomic E-state index is 0.532. The Balaban J connectivity index is 1.33. The number of rotatable bonds is 6. The first-order chi connectivity index (χ1) is 13.0. The molecule has 4 atom stereocenters. The van der Waals surface area contributed by atoms with Crippen LogP contribution >= 0.6 is 0 Å². The zero-order valence-corrected chi connectivity index (χ0v) is 17.0. The Morgan fingerprint density at radius 2 is 1.93 bits per heavy atom. The Morgan fingerprint density at radius 1 is 1.19 bits per heavy atom. The Bertz CT molecular complexity index is 734. The molecule has 1 aliphatic heterocycles. The summed E-state index contributed by atoms with van der Waals surface area (Å²) in [5.74, 6) is 3.39. The molecule has 146 valence electrons. The average molecular weight is 369 g/mol. The van der Waals surface area contributed by atoms with Crippen LogP contribution in [0.5, 0.6) is 0 Å². The number of hydrogen-bond donors (Lipinski definition) is 1. The summed E-state index contributed by atoms with van der Waals surface area (Å²) in [6.07, 6.45) is 5.66. The van der Waals surface area contributed by atoms with Gasteiger partial charge in [-0.25, -0.2) is 0 Å². The van der Waals surface area contributed by atoms with Gasteiger partial charge in [-0.05, 0) is 55.2 Å². The van der Waals surface area contributed by atoms with Gasteiger partial charge in [-0.3, -0.25) is 4.68 Å². The fourth-order valence-electron chi connectivity index (χ4n) is 4.89. The van der Waals surface area contributed by atoms with Gasteiger partial charge in [0.1, 0.15) is 11.5 Å². The van der Waals surface area contributed by atoms with E-state index in [-0.39, 0.29) is 0 Å². The van der Waals surface area contributed by atoms with Crippen molar-refractivity contribution in [1.82, 2.24) is 24.9 Å². The van der Waals surface area contributed by atoms with Gasteiger partial charge in [0, 0.05) is 32.7 Å². The number of nitrogens with zero attached hydrogens (tertiary/aromatic N) is 5. The second kappa shape index (κ2) is 7.58. The lowest BCUT2D eigenvalue weighted by atomic mass is 10.0. The summed E-state index contributed by atoms with van der Waals surface area (Å²) < 4.78 is 1.86. The normalized spacial score (nSPS) is 26.3. The van der Waals surface area contributed by atoms with Gasteiger partial charge < -0.3 is 10.2 Å². The summed E-state index contributed by atoms with van der Waals surface area (Å²) in [6, 6.07) is 4.63. The molecule has 4 rings (SSSR count). The second-order valence-electron chi connectivity index (χ2n) is 8.67. The molecule has 0 radical (unpaired) electrons. The van der Waals surface area contributed by atoms with Crippen LogP contribution in [0.25, 0.3) is 11.4 Å². The molecule has 0 bridgehead atoms. The minimum Gasteiger partial charge on any atom is -0.366 e. The molecule has 2 aliphatic rings. The van der Waals surface area contributed by atoms with Gasteiger partial charge in [-0.15, -0.1) is 10.2 Å². The molecule has 2 unspecified atom stereocenters. The number of nitrogens with one attached hydrogen (secondary N) is 1. The Morgan fingerprint density at radius 3 is 2.48 bits per heavy atom. The summed E-state index contributed by atoms with van der Waals surface area (Å²) in [4.78, 5) is 2.69. The summed E-state index contributed by atoms with van der Waals surface area (Å²) in [6.45, 7) is 10.5. The zero-order valence-electron chi connectivity index (χ0n) is 17.0. The van der Waals surface area contributed by atoms with Crippen LogP contribution < -0.4 is 5.32 Å². The van der Waals surface area contributed by atoms with Crippen LogP contribution in [0.1, 0.15) is 38.7 Å². The summed E-state index contributed by atoms with van der Waals surface area (Å²) in [5, 5.41) is 16.8. The molecule has 6 nitrogen and oxygen atoms in total. The van der Waals surface area contributed by atoms with E-state index >= 15 is 0 Å². The molecular formula is C21H32N6. The fraction of sp³-hybridized carbons (Fsp3) is 0.667. The van der Waals surface area contributed by atoms with Crippen molar-refractivity contribution in [1.29, 1.82) is 0 Å². The lowest BCUT2D eigenvalue weighted by Crippen LogP contribution is -2.29. The highest BCUT2D eigenvalue weighted by molar-refractivity contribution is 5.59. The number of aryl methyl sites for hydroxylation is 2.